The van der Waals surface area contributed by atoms with Gasteiger partial charge in [0.15, 0.2) is 0 Å². The molecule has 0 saturated carbocycles. The quantitative estimate of drug-likeness (QED) is 0.783. The fraction of sp³-hybridized carbons (Fsp3) is 1.00. The SMILES string of the molecule is CC1SCCCC1N1CCCC(CN)C1. The summed E-state index contributed by atoms with van der Waals surface area (Å²) in [7, 11) is 0. The molecule has 2 saturated heterocycles. The summed E-state index contributed by atoms with van der Waals surface area (Å²) in [5.41, 5.74) is 5.80. The van der Waals surface area contributed by atoms with Crippen LogP contribution >= 0.6 is 11.8 Å². The number of rotatable bonds is 2. The second-order valence-corrected chi connectivity index (χ2v) is 6.51. The van der Waals surface area contributed by atoms with E-state index in [-0.39, 0.29) is 0 Å². The normalized spacial score (nSPS) is 39.2. The Morgan fingerprint density at radius 2 is 2.20 bits per heavy atom. The maximum atomic E-state index is 5.80. The third-order valence-electron chi connectivity index (χ3n) is 3.92. The van der Waals surface area contributed by atoms with Crippen molar-refractivity contribution in [3.63, 3.8) is 0 Å². The Hall–Kier alpha value is 0.270. The van der Waals surface area contributed by atoms with Gasteiger partial charge in [-0.2, -0.15) is 11.8 Å². The molecule has 3 heteroatoms. The highest BCUT2D eigenvalue weighted by molar-refractivity contribution is 7.99. The molecule has 88 valence electrons. The van der Waals surface area contributed by atoms with E-state index in [0.717, 1.165) is 23.8 Å². The molecule has 0 spiro atoms. The molecule has 0 aromatic carbocycles. The monoisotopic (exact) mass is 228 g/mol. The lowest BCUT2D eigenvalue weighted by Crippen LogP contribution is -2.49. The molecule has 2 rings (SSSR count). The molecule has 2 N–H and O–H groups in total. The summed E-state index contributed by atoms with van der Waals surface area (Å²) in [5.74, 6) is 2.13. The van der Waals surface area contributed by atoms with Crippen molar-refractivity contribution in [2.45, 2.75) is 43.9 Å². The summed E-state index contributed by atoms with van der Waals surface area (Å²) < 4.78 is 0. The number of hydrogen-bond donors (Lipinski definition) is 1. The first kappa shape index (κ1) is 11.7. The number of thioether (sulfide) groups is 1. The Labute approximate surface area is 98.0 Å². The molecular formula is C12H24N2S. The zero-order chi connectivity index (χ0) is 10.7. The molecule has 2 fully saturated rings. The minimum atomic E-state index is 0.762. The van der Waals surface area contributed by atoms with Crippen LogP contribution in [0.1, 0.15) is 32.6 Å². The van der Waals surface area contributed by atoms with Crippen LogP contribution in [0.4, 0.5) is 0 Å². The van der Waals surface area contributed by atoms with Gasteiger partial charge in [-0.05, 0) is 50.4 Å². The Morgan fingerprint density at radius 3 is 2.93 bits per heavy atom. The van der Waals surface area contributed by atoms with Crippen molar-refractivity contribution in [3.05, 3.63) is 0 Å². The Bertz CT molecular complexity index is 198. The van der Waals surface area contributed by atoms with Crippen LogP contribution in [0, 0.1) is 5.92 Å². The maximum Gasteiger partial charge on any atom is 0.0212 e. The van der Waals surface area contributed by atoms with E-state index in [1.807, 2.05) is 0 Å². The molecule has 3 unspecified atom stereocenters. The minimum Gasteiger partial charge on any atom is -0.330 e. The van der Waals surface area contributed by atoms with Gasteiger partial charge in [0.1, 0.15) is 0 Å². The summed E-state index contributed by atoms with van der Waals surface area (Å²) in [6, 6.07) is 0.832. The number of nitrogens with zero attached hydrogens (tertiary/aromatic N) is 1. The third kappa shape index (κ3) is 2.89. The minimum absolute atomic E-state index is 0.762. The lowest BCUT2D eigenvalue weighted by atomic mass is 9.95. The van der Waals surface area contributed by atoms with Crippen molar-refractivity contribution >= 4 is 11.8 Å². The Kier molecular flexibility index (Phi) is 4.35. The lowest BCUT2D eigenvalue weighted by molar-refractivity contribution is 0.117. The summed E-state index contributed by atoms with van der Waals surface area (Å²) >= 11 is 2.16. The number of hydrogen-bond acceptors (Lipinski definition) is 3. The van der Waals surface area contributed by atoms with Gasteiger partial charge in [-0.25, -0.2) is 0 Å². The van der Waals surface area contributed by atoms with Crippen LogP contribution in [0.15, 0.2) is 0 Å². The molecule has 0 aromatic heterocycles. The van der Waals surface area contributed by atoms with Gasteiger partial charge in [0.2, 0.25) is 0 Å². The van der Waals surface area contributed by atoms with Crippen LogP contribution in [0.3, 0.4) is 0 Å². The van der Waals surface area contributed by atoms with Gasteiger partial charge in [-0.3, -0.25) is 4.90 Å². The first-order valence-electron chi connectivity index (χ1n) is 6.37. The highest BCUT2D eigenvalue weighted by Crippen LogP contribution is 2.31. The summed E-state index contributed by atoms with van der Waals surface area (Å²) in [6.07, 6.45) is 5.52. The molecular weight excluding hydrogens is 204 g/mol. The van der Waals surface area contributed by atoms with Gasteiger partial charge in [-0.15, -0.1) is 0 Å². The van der Waals surface area contributed by atoms with Crippen molar-refractivity contribution in [2.75, 3.05) is 25.4 Å². The van der Waals surface area contributed by atoms with Crippen molar-refractivity contribution < 1.29 is 0 Å². The lowest BCUT2D eigenvalue weighted by Gasteiger charge is -2.42. The predicted molar refractivity (Wildman–Crippen MR) is 68.3 cm³/mol. The maximum absolute atomic E-state index is 5.80. The highest BCUT2D eigenvalue weighted by Gasteiger charge is 2.30. The molecule has 0 radical (unpaired) electrons. The summed E-state index contributed by atoms with van der Waals surface area (Å²) in [5, 5.41) is 0.829. The van der Waals surface area contributed by atoms with Crippen molar-refractivity contribution in [1.82, 2.24) is 4.90 Å². The smallest absolute Gasteiger partial charge is 0.0212 e. The topological polar surface area (TPSA) is 29.3 Å². The Balaban J connectivity index is 1.90. The van der Waals surface area contributed by atoms with Gasteiger partial charge in [0.05, 0.1) is 0 Å². The molecule has 2 nitrogen and oxygen atoms in total. The fourth-order valence-corrected chi connectivity index (χ4v) is 4.21. The zero-order valence-electron chi connectivity index (χ0n) is 9.82. The average Bonchev–Trinajstić information content (AvgIpc) is 2.30. The molecule has 0 amide bonds. The second-order valence-electron chi connectivity index (χ2n) is 5.02. The van der Waals surface area contributed by atoms with Crippen LogP contribution in [0.25, 0.3) is 0 Å². The van der Waals surface area contributed by atoms with E-state index in [0.29, 0.717) is 0 Å². The largest absolute Gasteiger partial charge is 0.330 e. The molecule has 0 aliphatic carbocycles. The van der Waals surface area contributed by atoms with Gasteiger partial charge in [-0.1, -0.05) is 6.92 Å². The van der Waals surface area contributed by atoms with Gasteiger partial charge < -0.3 is 5.73 Å². The molecule has 2 aliphatic heterocycles. The van der Waals surface area contributed by atoms with Gasteiger partial charge in [0.25, 0.3) is 0 Å². The summed E-state index contributed by atoms with van der Waals surface area (Å²) in [6.45, 7) is 5.85. The number of piperidine rings is 1. The van der Waals surface area contributed by atoms with Crippen LogP contribution in [0.2, 0.25) is 0 Å². The van der Waals surface area contributed by atoms with Crippen molar-refractivity contribution in [3.8, 4) is 0 Å². The second kappa shape index (κ2) is 5.55. The molecule has 2 aliphatic rings. The van der Waals surface area contributed by atoms with Crippen LogP contribution in [0.5, 0.6) is 0 Å². The van der Waals surface area contributed by atoms with E-state index in [2.05, 4.69) is 23.6 Å². The van der Waals surface area contributed by atoms with Crippen LogP contribution in [-0.2, 0) is 0 Å². The first-order valence-corrected chi connectivity index (χ1v) is 7.42. The van der Waals surface area contributed by atoms with Crippen molar-refractivity contribution in [2.24, 2.45) is 11.7 Å². The zero-order valence-corrected chi connectivity index (χ0v) is 10.6. The van der Waals surface area contributed by atoms with E-state index < -0.39 is 0 Å². The van der Waals surface area contributed by atoms with E-state index >= 15 is 0 Å². The predicted octanol–water partition coefficient (Wildman–Crippen LogP) is 1.94. The molecule has 0 aromatic rings. The van der Waals surface area contributed by atoms with Crippen molar-refractivity contribution in [1.29, 1.82) is 0 Å². The molecule has 0 bridgehead atoms. The van der Waals surface area contributed by atoms with Crippen LogP contribution < -0.4 is 5.73 Å². The standard InChI is InChI=1S/C12H24N2S/c1-10-12(5-3-7-15-10)14-6-2-4-11(8-13)9-14/h10-12H,2-9,13H2,1H3. The highest BCUT2D eigenvalue weighted by atomic mass is 32.2. The Morgan fingerprint density at radius 1 is 1.33 bits per heavy atom. The molecule has 2 heterocycles. The first-order chi connectivity index (χ1) is 7.31. The number of likely N-dealkylation sites (tertiary alicyclic amines) is 1. The van der Waals surface area contributed by atoms with Crippen LogP contribution in [-0.4, -0.2) is 41.6 Å². The molecule has 15 heavy (non-hydrogen) atoms. The fourth-order valence-electron chi connectivity index (χ4n) is 2.98. The average molecular weight is 228 g/mol. The van der Waals surface area contributed by atoms with E-state index in [1.54, 1.807) is 0 Å². The third-order valence-corrected chi connectivity index (χ3v) is 5.28. The van der Waals surface area contributed by atoms with Gasteiger partial charge >= 0.3 is 0 Å². The number of nitrogens with two attached hydrogens (primary N) is 1. The van der Waals surface area contributed by atoms with Gasteiger partial charge in [0, 0.05) is 17.8 Å². The summed E-state index contributed by atoms with van der Waals surface area (Å²) in [4.78, 5) is 2.72. The molecule has 3 atom stereocenters. The van der Waals surface area contributed by atoms with E-state index in [9.17, 15) is 0 Å². The van der Waals surface area contributed by atoms with E-state index in [1.165, 1.54) is 44.5 Å². The van der Waals surface area contributed by atoms with E-state index in [4.69, 9.17) is 5.73 Å².